The van der Waals surface area contributed by atoms with Crippen molar-refractivity contribution in [1.82, 2.24) is 19.3 Å². The number of methoxy groups -OCH3 is 1. The number of amides is 1. The average Bonchev–Trinajstić information content (AvgIpc) is 2.90. The van der Waals surface area contributed by atoms with Crippen molar-refractivity contribution in [2.24, 2.45) is 0 Å². The molecule has 0 saturated heterocycles. The summed E-state index contributed by atoms with van der Waals surface area (Å²) in [5, 5.41) is 12.0. The summed E-state index contributed by atoms with van der Waals surface area (Å²) in [4.78, 5) is 31.2. The van der Waals surface area contributed by atoms with Gasteiger partial charge in [0.25, 0.3) is 11.5 Å². The van der Waals surface area contributed by atoms with Gasteiger partial charge in [0, 0.05) is 12.7 Å². The first-order valence-electron chi connectivity index (χ1n) is 11.1. The molecule has 8 heteroatoms. The van der Waals surface area contributed by atoms with E-state index in [2.05, 4.69) is 10.3 Å². The maximum absolute atomic E-state index is 13.3. The van der Waals surface area contributed by atoms with Gasteiger partial charge >= 0.3 is 0 Å². The number of nitrogens with zero attached hydrogens (tertiary/aromatic N) is 3. The van der Waals surface area contributed by atoms with Crippen molar-refractivity contribution in [2.75, 3.05) is 7.11 Å². The molecule has 35 heavy (non-hydrogen) atoms. The first kappa shape index (κ1) is 22.1. The summed E-state index contributed by atoms with van der Waals surface area (Å²) < 4.78 is 8.28. The minimum Gasteiger partial charge on any atom is -0.497 e. The molecule has 2 aromatic carbocycles. The summed E-state index contributed by atoms with van der Waals surface area (Å²) in [6.07, 6.45) is 1.64. The highest BCUT2D eigenvalue weighted by Gasteiger charge is 2.18. The minimum absolute atomic E-state index is 0.0222. The van der Waals surface area contributed by atoms with E-state index in [1.165, 1.54) is 10.5 Å². The molecule has 0 aliphatic heterocycles. The van der Waals surface area contributed by atoms with Crippen LogP contribution in [0.2, 0.25) is 0 Å². The third kappa shape index (κ3) is 4.29. The third-order valence-electron chi connectivity index (χ3n) is 5.86. The Balaban J connectivity index is 1.65. The number of carbonyl (C=O) groups is 1. The van der Waals surface area contributed by atoms with Gasteiger partial charge in [0.1, 0.15) is 22.5 Å². The van der Waals surface area contributed by atoms with Gasteiger partial charge in [-0.3, -0.25) is 19.4 Å². The van der Waals surface area contributed by atoms with Crippen LogP contribution in [0.25, 0.3) is 16.7 Å². The largest absolute Gasteiger partial charge is 0.497 e. The number of nitrogens with one attached hydrogen (secondary N) is 2. The molecule has 0 aliphatic rings. The molecule has 0 bridgehead atoms. The number of aromatic nitrogens is 3. The van der Waals surface area contributed by atoms with Gasteiger partial charge in [0.15, 0.2) is 0 Å². The highest BCUT2D eigenvalue weighted by Crippen LogP contribution is 2.15. The second kappa shape index (κ2) is 9.26. The molecule has 0 spiro atoms. The average molecular weight is 466 g/mol. The smallest absolute Gasteiger partial charge is 0.267 e. The predicted octanol–water partition coefficient (Wildman–Crippen LogP) is 3.12. The number of rotatable bonds is 6. The molecule has 174 valence electrons. The highest BCUT2D eigenvalue weighted by atomic mass is 16.5. The lowest BCUT2D eigenvalue weighted by atomic mass is 10.1. The highest BCUT2D eigenvalue weighted by molar-refractivity contribution is 5.96. The number of carbonyl (C=O) groups excluding carboxylic acids is 1. The minimum atomic E-state index is -0.429. The van der Waals surface area contributed by atoms with E-state index in [1.54, 1.807) is 36.1 Å². The number of benzene rings is 2. The lowest BCUT2D eigenvalue weighted by Crippen LogP contribution is -2.35. The molecule has 3 heterocycles. The second-order valence-corrected chi connectivity index (χ2v) is 8.09. The summed E-state index contributed by atoms with van der Waals surface area (Å²) in [5.41, 5.74) is 2.42. The Hall–Kier alpha value is -4.72. The van der Waals surface area contributed by atoms with E-state index >= 15 is 0 Å². The molecule has 0 saturated carbocycles. The number of hydrogen-bond acceptors (Lipinski definition) is 5. The monoisotopic (exact) mass is 465 g/mol. The van der Waals surface area contributed by atoms with Crippen LogP contribution in [0.3, 0.4) is 0 Å². The molecule has 3 aromatic heterocycles. The Kier molecular flexibility index (Phi) is 5.85. The standard InChI is InChI=1S/C27H23N5O3/c1-35-20-12-10-19(11-13-20)17-32-24(28)21(26(33)29-16-18-7-3-2-4-8-18)15-22-25(32)30-23-9-5-6-14-31(23)27(22)34/h2-15,28H,16-17H2,1H3,(H,29,33). The van der Waals surface area contributed by atoms with Crippen molar-refractivity contribution >= 4 is 22.6 Å². The molecule has 0 fully saturated rings. The van der Waals surface area contributed by atoms with Crippen LogP contribution in [0.5, 0.6) is 5.75 Å². The number of ether oxygens (including phenoxy) is 1. The summed E-state index contributed by atoms with van der Waals surface area (Å²) in [6, 6.07) is 23.7. The van der Waals surface area contributed by atoms with Gasteiger partial charge in [0.05, 0.1) is 24.6 Å². The Bertz CT molecular complexity index is 1660. The van der Waals surface area contributed by atoms with Crippen LogP contribution in [0.1, 0.15) is 21.5 Å². The maximum atomic E-state index is 13.3. The maximum Gasteiger partial charge on any atom is 0.267 e. The Labute approximate surface area is 200 Å². The predicted molar refractivity (Wildman–Crippen MR) is 133 cm³/mol. The first-order chi connectivity index (χ1) is 17.0. The van der Waals surface area contributed by atoms with E-state index in [-0.39, 0.29) is 28.5 Å². The van der Waals surface area contributed by atoms with Crippen LogP contribution in [-0.4, -0.2) is 27.0 Å². The molecular weight excluding hydrogens is 442 g/mol. The van der Waals surface area contributed by atoms with Gasteiger partial charge in [-0.15, -0.1) is 0 Å². The van der Waals surface area contributed by atoms with E-state index in [1.807, 2.05) is 54.6 Å². The lowest BCUT2D eigenvalue weighted by Gasteiger charge is -2.15. The topological polar surface area (TPSA) is 101 Å². The molecule has 0 atom stereocenters. The van der Waals surface area contributed by atoms with Crippen molar-refractivity contribution in [3.63, 3.8) is 0 Å². The van der Waals surface area contributed by atoms with Gasteiger partial charge in [-0.1, -0.05) is 48.5 Å². The fourth-order valence-electron chi connectivity index (χ4n) is 4.00. The van der Waals surface area contributed by atoms with E-state index in [0.29, 0.717) is 23.6 Å². The summed E-state index contributed by atoms with van der Waals surface area (Å²) in [7, 11) is 1.60. The fraction of sp³-hybridized carbons (Fsp3) is 0.111. The molecule has 1 amide bonds. The number of pyridine rings is 2. The Morgan fingerprint density at radius 1 is 1.00 bits per heavy atom. The normalized spacial score (nSPS) is 11.0. The van der Waals surface area contributed by atoms with Gasteiger partial charge in [-0.25, -0.2) is 4.98 Å². The second-order valence-electron chi connectivity index (χ2n) is 8.09. The fourth-order valence-corrected chi connectivity index (χ4v) is 4.00. The Morgan fingerprint density at radius 2 is 1.74 bits per heavy atom. The Morgan fingerprint density at radius 3 is 2.49 bits per heavy atom. The van der Waals surface area contributed by atoms with Crippen LogP contribution in [0.4, 0.5) is 0 Å². The summed E-state index contributed by atoms with van der Waals surface area (Å²) >= 11 is 0. The van der Waals surface area contributed by atoms with E-state index in [9.17, 15) is 9.59 Å². The lowest BCUT2D eigenvalue weighted by molar-refractivity contribution is 0.0948. The summed E-state index contributed by atoms with van der Waals surface area (Å²) in [6.45, 7) is 0.569. The van der Waals surface area contributed by atoms with Crippen LogP contribution < -0.4 is 21.1 Å². The van der Waals surface area contributed by atoms with Crippen LogP contribution >= 0.6 is 0 Å². The van der Waals surface area contributed by atoms with Gasteiger partial charge in [0.2, 0.25) is 0 Å². The molecule has 0 aliphatic carbocycles. The van der Waals surface area contributed by atoms with Crippen LogP contribution in [0.15, 0.2) is 89.9 Å². The van der Waals surface area contributed by atoms with Crippen molar-refractivity contribution in [3.8, 4) is 5.75 Å². The molecule has 2 N–H and O–H groups in total. The SMILES string of the molecule is COc1ccc(Cn2c(=N)c(C(=O)NCc3ccccc3)cc3c(=O)n4ccccc4nc32)cc1. The van der Waals surface area contributed by atoms with Crippen molar-refractivity contribution < 1.29 is 9.53 Å². The van der Waals surface area contributed by atoms with Crippen molar-refractivity contribution in [2.45, 2.75) is 13.1 Å². The number of hydrogen-bond donors (Lipinski definition) is 2. The zero-order chi connectivity index (χ0) is 24.4. The van der Waals surface area contributed by atoms with Gasteiger partial charge in [-0.2, -0.15) is 0 Å². The van der Waals surface area contributed by atoms with Crippen LogP contribution in [-0.2, 0) is 13.1 Å². The zero-order valence-corrected chi connectivity index (χ0v) is 19.1. The van der Waals surface area contributed by atoms with Crippen LogP contribution in [0, 0.1) is 5.41 Å². The molecule has 0 unspecified atom stereocenters. The van der Waals surface area contributed by atoms with E-state index < -0.39 is 5.91 Å². The molecular formula is C27H23N5O3. The molecule has 8 nitrogen and oxygen atoms in total. The number of fused-ring (bicyclic) bond motifs is 2. The van der Waals surface area contributed by atoms with Crippen molar-refractivity contribution in [1.29, 1.82) is 5.41 Å². The first-order valence-corrected chi connectivity index (χ1v) is 11.1. The van der Waals surface area contributed by atoms with E-state index in [0.717, 1.165) is 11.1 Å². The van der Waals surface area contributed by atoms with Gasteiger partial charge in [-0.05, 0) is 41.5 Å². The third-order valence-corrected chi connectivity index (χ3v) is 5.86. The quantitative estimate of drug-likeness (QED) is 0.376. The molecule has 5 rings (SSSR count). The molecule has 5 aromatic rings. The zero-order valence-electron chi connectivity index (χ0n) is 19.1. The van der Waals surface area contributed by atoms with Crippen molar-refractivity contribution in [3.05, 3.63) is 118 Å². The van der Waals surface area contributed by atoms with E-state index in [4.69, 9.17) is 10.1 Å². The molecule has 0 radical (unpaired) electrons. The summed E-state index contributed by atoms with van der Waals surface area (Å²) in [5.74, 6) is 0.285. The van der Waals surface area contributed by atoms with Gasteiger partial charge < -0.3 is 14.6 Å².